The van der Waals surface area contributed by atoms with Gasteiger partial charge in [-0.2, -0.15) is 4.98 Å². The Morgan fingerprint density at radius 1 is 0.978 bits per heavy atom. The van der Waals surface area contributed by atoms with Gasteiger partial charge in [0.2, 0.25) is 11.1 Å². The van der Waals surface area contributed by atoms with E-state index in [4.69, 9.17) is 47.5 Å². The lowest BCUT2D eigenvalue weighted by atomic mass is 9.94. The van der Waals surface area contributed by atoms with Crippen LogP contribution in [0.2, 0.25) is 10.0 Å². The molecule has 6 rings (SSSR count). The molecule has 0 radical (unpaired) electrons. The maximum atomic E-state index is 13.9. The molecule has 1 unspecified atom stereocenters. The zero-order chi connectivity index (χ0) is 31.3. The van der Waals surface area contributed by atoms with Crippen molar-refractivity contribution in [3.63, 3.8) is 0 Å². The van der Waals surface area contributed by atoms with E-state index in [0.717, 1.165) is 42.4 Å². The largest absolute Gasteiger partial charge is 0.493 e. The molecule has 4 aromatic rings. The summed E-state index contributed by atoms with van der Waals surface area (Å²) in [4.78, 5) is 18.6. The molecule has 1 N–H and O–H groups in total. The topological polar surface area (TPSA) is 87.5 Å². The first kappa shape index (κ1) is 31.3. The summed E-state index contributed by atoms with van der Waals surface area (Å²) >= 11 is 14.2. The molecule has 0 spiro atoms. The quantitative estimate of drug-likeness (QED) is 0.133. The number of halogens is 2. The highest BCUT2D eigenvalue weighted by Gasteiger charge is 2.37. The Morgan fingerprint density at radius 2 is 1.69 bits per heavy atom. The highest BCUT2D eigenvalue weighted by molar-refractivity contribution is 7.98. The average Bonchev–Trinajstić information content (AvgIpc) is 3.46. The Labute approximate surface area is 277 Å². The maximum absolute atomic E-state index is 13.9. The molecular weight excluding hydrogens is 631 g/mol. The van der Waals surface area contributed by atoms with Crippen molar-refractivity contribution >= 4 is 46.9 Å². The number of benzene rings is 3. The van der Waals surface area contributed by atoms with Gasteiger partial charge < -0.3 is 19.5 Å². The zero-order valence-electron chi connectivity index (χ0n) is 25.1. The van der Waals surface area contributed by atoms with E-state index in [2.05, 4.69) is 5.32 Å². The second kappa shape index (κ2) is 14.2. The molecule has 3 aromatic carbocycles. The first-order valence-electron chi connectivity index (χ1n) is 15.0. The Bertz CT molecular complexity index is 1720. The third-order valence-electron chi connectivity index (χ3n) is 8.04. The molecule has 1 saturated carbocycles. The third kappa shape index (κ3) is 7.11. The van der Waals surface area contributed by atoms with E-state index >= 15 is 0 Å². The number of anilines is 1. The predicted molar refractivity (Wildman–Crippen MR) is 177 cm³/mol. The minimum Gasteiger partial charge on any atom is -0.493 e. The van der Waals surface area contributed by atoms with Gasteiger partial charge in [0.15, 0.2) is 11.5 Å². The van der Waals surface area contributed by atoms with Crippen LogP contribution in [0.25, 0.3) is 0 Å². The number of thioether (sulfide) groups is 1. The smallest absolute Gasteiger partial charge is 0.338 e. The first-order valence-corrected chi connectivity index (χ1v) is 16.7. The van der Waals surface area contributed by atoms with Crippen molar-refractivity contribution in [2.75, 3.05) is 12.4 Å². The van der Waals surface area contributed by atoms with Crippen LogP contribution in [0.4, 0.5) is 5.95 Å². The van der Waals surface area contributed by atoms with Crippen molar-refractivity contribution in [1.29, 1.82) is 0 Å². The summed E-state index contributed by atoms with van der Waals surface area (Å²) in [5.74, 6) is 1.84. The summed E-state index contributed by atoms with van der Waals surface area (Å²) < 4.78 is 19.7. The van der Waals surface area contributed by atoms with Crippen molar-refractivity contribution in [3.05, 3.63) is 105 Å². The minimum absolute atomic E-state index is 0.0961. The van der Waals surface area contributed by atoms with Crippen molar-refractivity contribution < 1.29 is 19.0 Å². The van der Waals surface area contributed by atoms with Crippen molar-refractivity contribution in [1.82, 2.24) is 14.8 Å². The molecule has 234 valence electrons. The molecule has 45 heavy (non-hydrogen) atoms. The first-order chi connectivity index (χ1) is 21.9. The lowest BCUT2D eigenvalue weighted by molar-refractivity contribution is -0.146. The lowest BCUT2D eigenvalue weighted by Crippen LogP contribution is -2.32. The van der Waals surface area contributed by atoms with E-state index in [1.807, 2.05) is 73.7 Å². The average molecular weight is 666 g/mol. The lowest BCUT2D eigenvalue weighted by Gasteiger charge is -2.30. The molecule has 1 aliphatic heterocycles. The summed E-state index contributed by atoms with van der Waals surface area (Å²) in [5.41, 5.74) is 3.78. The van der Waals surface area contributed by atoms with Gasteiger partial charge in [-0.1, -0.05) is 83.8 Å². The van der Waals surface area contributed by atoms with E-state index in [1.165, 1.54) is 18.2 Å². The number of nitrogens with one attached hydrogen (secondary N) is 1. The van der Waals surface area contributed by atoms with Crippen molar-refractivity contribution in [2.24, 2.45) is 0 Å². The van der Waals surface area contributed by atoms with E-state index in [1.54, 1.807) is 11.8 Å². The molecule has 2 heterocycles. The summed E-state index contributed by atoms with van der Waals surface area (Å²) in [6, 6.07) is 20.3. The number of rotatable bonds is 10. The number of aromatic nitrogens is 3. The van der Waals surface area contributed by atoms with Crippen LogP contribution in [-0.4, -0.2) is 33.9 Å². The Balaban J connectivity index is 1.32. The Morgan fingerprint density at radius 3 is 2.40 bits per heavy atom. The fourth-order valence-corrected chi connectivity index (χ4v) is 6.97. The van der Waals surface area contributed by atoms with E-state index < -0.39 is 6.04 Å². The molecule has 11 heteroatoms. The number of nitrogens with zero attached hydrogens (tertiary/aromatic N) is 3. The zero-order valence-corrected chi connectivity index (χ0v) is 27.4. The molecule has 1 aromatic heterocycles. The van der Waals surface area contributed by atoms with Gasteiger partial charge in [-0.15, -0.1) is 5.10 Å². The number of allylic oxidation sites excluding steroid dienone is 1. The number of esters is 1. The molecule has 1 aliphatic carbocycles. The van der Waals surface area contributed by atoms with Crippen LogP contribution in [-0.2, 0) is 21.9 Å². The van der Waals surface area contributed by atoms with Gasteiger partial charge in [0, 0.05) is 27.1 Å². The Kier molecular flexibility index (Phi) is 9.88. The molecule has 8 nitrogen and oxygen atoms in total. The van der Waals surface area contributed by atoms with E-state index in [0.29, 0.717) is 49.7 Å². The fourth-order valence-electron chi connectivity index (χ4n) is 5.67. The molecule has 0 saturated heterocycles. The maximum Gasteiger partial charge on any atom is 0.338 e. The molecule has 1 atom stereocenters. The predicted octanol–water partition coefficient (Wildman–Crippen LogP) is 8.63. The van der Waals surface area contributed by atoms with E-state index in [-0.39, 0.29) is 18.7 Å². The van der Waals surface area contributed by atoms with Gasteiger partial charge in [0.25, 0.3) is 0 Å². The van der Waals surface area contributed by atoms with E-state index in [9.17, 15) is 4.79 Å². The monoisotopic (exact) mass is 664 g/mol. The number of hydrogen-bond donors (Lipinski definition) is 1. The molecular formula is C34H34Cl2N4O4S. The summed E-state index contributed by atoms with van der Waals surface area (Å²) in [6.45, 7) is 2.15. The van der Waals surface area contributed by atoms with Crippen LogP contribution in [0, 0.1) is 0 Å². The number of ether oxygens (including phenoxy) is 3. The van der Waals surface area contributed by atoms with Crippen LogP contribution < -0.4 is 14.8 Å². The van der Waals surface area contributed by atoms with Crippen molar-refractivity contribution in [2.45, 2.75) is 68.7 Å². The van der Waals surface area contributed by atoms with Crippen LogP contribution in [0.15, 0.2) is 83.2 Å². The second-order valence-electron chi connectivity index (χ2n) is 11.1. The van der Waals surface area contributed by atoms with Crippen LogP contribution >= 0.6 is 35.0 Å². The van der Waals surface area contributed by atoms with Gasteiger partial charge in [0.05, 0.1) is 12.7 Å². The normalized spacial score (nSPS) is 16.6. The number of carbonyl (C=O) groups excluding carboxylic acids is 1. The number of hydrogen-bond acceptors (Lipinski definition) is 8. The fraction of sp³-hybridized carbons (Fsp3) is 0.324. The second-order valence-corrected chi connectivity index (χ2v) is 12.8. The Hall–Kier alpha value is -3.66. The van der Waals surface area contributed by atoms with Crippen LogP contribution in [0.3, 0.4) is 0 Å². The molecule has 0 amide bonds. The summed E-state index contributed by atoms with van der Waals surface area (Å²) in [6.07, 6.45) is 4.94. The van der Waals surface area contributed by atoms with Gasteiger partial charge in [-0.3, -0.25) is 0 Å². The van der Waals surface area contributed by atoms with Crippen LogP contribution in [0.1, 0.15) is 61.8 Å². The van der Waals surface area contributed by atoms with Crippen LogP contribution in [0.5, 0.6) is 11.5 Å². The molecule has 2 aliphatic rings. The van der Waals surface area contributed by atoms with Gasteiger partial charge >= 0.3 is 5.97 Å². The number of carbonyl (C=O) groups is 1. The minimum atomic E-state index is -0.606. The van der Waals surface area contributed by atoms with Crippen molar-refractivity contribution in [3.8, 4) is 11.5 Å². The van der Waals surface area contributed by atoms with Gasteiger partial charge in [-0.25, -0.2) is 9.48 Å². The highest BCUT2D eigenvalue weighted by Crippen LogP contribution is 2.41. The SMILES string of the molecule is COc1cc(C2C(C(=O)OC3CCCCC3)=C(C)Nc3nc(SCc4ccccc4Cl)nn32)ccc1OCc1ccccc1Cl. The number of fused-ring (bicyclic) bond motifs is 1. The summed E-state index contributed by atoms with van der Waals surface area (Å²) in [7, 11) is 1.59. The van der Waals surface area contributed by atoms with Gasteiger partial charge in [-0.05, 0) is 68.0 Å². The molecule has 0 bridgehead atoms. The van der Waals surface area contributed by atoms with Gasteiger partial charge in [0.1, 0.15) is 18.8 Å². The highest BCUT2D eigenvalue weighted by atomic mass is 35.5. The molecule has 1 fully saturated rings. The summed E-state index contributed by atoms with van der Waals surface area (Å²) in [5, 5.41) is 10.1. The third-order valence-corrected chi connectivity index (χ3v) is 9.66. The standard InChI is InChI=1S/C34H34Cl2N4O4S/c1-21-30(32(41)44-25-12-4-3-5-13-25)31(40-33(37-21)38-34(39-40)45-20-24-11-7-9-15-27(24)36)22-16-17-28(29(18-22)42-2)43-19-23-10-6-8-14-26(23)35/h6-11,14-18,25,31H,3-5,12-13,19-20H2,1-2H3,(H,37,38,39). The number of methoxy groups -OCH3 is 1.